The highest BCUT2D eigenvalue weighted by atomic mass is 79.9. The Morgan fingerprint density at radius 1 is 1.14 bits per heavy atom. The van der Waals surface area contributed by atoms with Crippen LogP contribution in [0.5, 0.6) is 5.75 Å². The molecule has 0 bridgehead atoms. The number of hydrogen-bond donors (Lipinski definition) is 2. The normalized spacial score (nSPS) is 18.5. The summed E-state index contributed by atoms with van der Waals surface area (Å²) in [6.07, 6.45) is 0.534. The lowest BCUT2D eigenvalue weighted by molar-refractivity contribution is 0.478. The summed E-state index contributed by atoms with van der Waals surface area (Å²) in [7, 11) is 1.71. The van der Waals surface area contributed by atoms with Crippen molar-refractivity contribution in [3.8, 4) is 5.75 Å². The fraction of sp³-hybridized carbons (Fsp3) is 0.238. The zero-order chi connectivity index (χ0) is 19.8. The van der Waals surface area contributed by atoms with Gasteiger partial charge in [-0.3, -0.25) is 4.79 Å². The summed E-state index contributed by atoms with van der Waals surface area (Å²) in [4.78, 5) is 13.0. The molecule has 0 saturated carbocycles. The second-order valence-corrected chi connectivity index (χ2v) is 8.90. The number of hydrogen-bond acceptors (Lipinski definition) is 4. The van der Waals surface area contributed by atoms with Gasteiger partial charge in [0.25, 0.3) is 5.56 Å². The van der Waals surface area contributed by atoms with Crippen molar-refractivity contribution in [2.45, 2.75) is 22.1 Å². The number of fused-ring (bicyclic) bond motifs is 1. The summed E-state index contributed by atoms with van der Waals surface area (Å²) in [5.41, 5.74) is 5.57. The summed E-state index contributed by atoms with van der Waals surface area (Å²) in [5, 5.41) is 15.8. The lowest BCUT2D eigenvalue weighted by Gasteiger charge is -2.23. The van der Waals surface area contributed by atoms with Crippen LogP contribution >= 0.6 is 31.9 Å². The highest BCUT2D eigenvalue weighted by molar-refractivity contribution is 9.12. The molecule has 2 aromatic carbocycles. The maximum Gasteiger partial charge on any atom is 0.263 e. The number of rotatable bonds is 4. The van der Waals surface area contributed by atoms with Crippen molar-refractivity contribution < 1.29 is 5.11 Å². The van der Waals surface area contributed by atoms with Gasteiger partial charge in [0.05, 0.1) is 26.9 Å². The average Bonchev–Trinajstić information content (AvgIpc) is 3.21. The van der Waals surface area contributed by atoms with Crippen LogP contribution in [0.1, 0.15) is 22.4 Å². The molecule has 1 aliphatic rings. The maximum absolute atomic E-state index is 12.9. The van der Waals surface area contributed by atoms with E-state index >= 15 is 0 Å². The SMILES string of the molecule is Cn1c(=O)c(C2=NN[C@H]([C@H](Br)[C@H](Br)c3ccccc3)C2)c(O)c2ccccc21. The standard InChI is InChI=1S/C21H19Br2N3O2/c1-26-16-10-6-5-9-13(16)20(27)17(21(26)28)14-11-15(25-24-14)19(23)18(22)12-7-3-2-4-8-12/h2-10,15,18-19,25,27H,11H2,1H3/t15-,18+,19-/m0/s1. The second-order valence-electron chi connectivity index (χ2n) is 6.86. The van der Waals surface area contributed by atoms with E-state index in [9.17, 15) is 9.90 Å². The van der Waals surface area contributed by atoms with Crippen LogP contribution in [0, 0.1) is 0 Å². The van der Waals surface area contributed by atoms with Gasteiger partial charge in [0, 0.05) is 18.9 Å². The lowest BCUT2D eigenvalue weighted by Crippen LogP contribution is -2.33. The number of hydrazone groups is 1. The molecule has 28 heavy (non-hydrogen) atoms. The van der Waals surface area contributed by atoms with Crippen LogP contribution in [0.3, 0.4) is 0 Å². The average molecular weight is 505 g/mol. The molecule has 5 nitrogen and oxygen atoms in total. The Balaban J connectivity index is 1.64. The Kier molecular flexibility index (Phi) is 5.29. The highest BCUT2D eigenvalue weighted by Gasteiger charge is 2.33. The number of benzene rings is 2. The van der Waals surface area contributed by atoms with Crippen molar-refractivity contribution in [3.63, 3.8) is 0 Å². The van der Waals surface area contributed by atoms with Crippen molar-refractivity contribution in [2.24, 2.45) is 12.1 Å². The summed E-state index contributed by atoms with van der Waals surface area (Å²) < 4.78 is 1.56. The minimum Gasteiger partial charge on any atom is -0.506 e. The second kappa shape index (κ2) is 7.72. The molecule has 1 aromatic heterocycles. The summed E-state index contributed by atoms with van der Waals surface area (Å²) in [6.45, 7) is 0. The van der Waals surface area contributed by atoms with E-state index in [2.05, 4.69) is 54.5 Å². The van der Waals surface area contributed by atoms with Gasteiger partial charge in [-0.15, -0.1) is 0 Å². The number of aromatic hydroxyl groups is 1. The van der Waals surface area contributed by atoms with Crippen LogP contribution in [0.15, 0.2) is 64.5 Å². The fourth-order valence-electron chi connectivity index (χ4n) is 3.57. The minimum atomic E-state index is -0.248. The predicted octanol–water partition coefficient (Wildman–Crippen LogP) is 4.21. The molecule has 2 heterocycles. The van der Waals surface area contributed by atoms with E-state index in [4.69, 9.17) is 0 Å². The first-order valence-electron chi connectivity index (χ1n) is 8.95. The molecule has 144 valence electrons. The molecule has 4 rings (SSSR count). The summed E-state index contributed by atoms with van der Waals surface area (Å²) in [6, 6.07) is 17.4. The van der Waals surface area contributed by atoms with Gasteiger partial charge in [-0.05, 0) is 17.7 Å². The Labute approximate surface area is 179 Å². The van der Waals surface area contributed by atoms with Crippen molar-refractivity contribution in [1.29, 1.82) is 0 Å². The fourth-order valence-corrected chi connectivity index (χ4v) is 4.85. The third-order valence-electron chi connectivity index (χ3n) is 5.12. The van der Waals surface area contributed by atoms with Crippen LogP contribution in [0.2, 0.25) is 0 Å². The third kappa shape index (κ3) is 3.26. The van der Waals surface area contributed by atoms with Gasteiger partial charge in [-0.25, -0.2) is 0 Å². The molecule has 7 heteroatoms. The van der Waals surface area contributed by atoms with Gasteiger partial charge in [0.2, 0.25) is 0 Å². The van der Waals surface area contributed by atoms with Gasteiger partial charge in [-0.1, -0.05) is 74.3 Å². The number of pyridine rings is 1. The Bertz CT molecular complexity index is 1110. The molecule has 0 spiro atoms. The first-order valence-corrected chi connectivity index (χ1v) is 10.8. The van der Waals surface area contributed by atoms with E-state index in [-0.39, 0.29) is 32.6 Å². The first-order chi connectivity index (χ1) is 13.5. The Morgan fingerprint density at radius 3 is 2.57 bits per heavy atom. The minimum absolute atomic E-state index is 0.00975. The summed E-state index contributed by atoms with van der Waals surface area (Å²) >= 11 is 7.53. The van der Waals surface area contributed by atoms with Crippen LogP contribution in [0.4, 0.5) is 0 Å². The number of aryl methyl sites for hydroxylation is 1. The number of para-hydroxylation sites is 1. The monoisotopic (exact) mass is 503 g/mol. The van der Waals surface area contributed by atoms with Gasteiger partial charge in [-0.2, -0.15) is 5.10 Å². The van der Waals surface area contributed by atoms with E-state index in [1.807, 2.05) is 42.5 Å². The number of halogens is 2. The van der Waals surface area contributed by atoms with Crippen molar-refractivity contribution >= 4 is 48.5 Å². The molecule has 0 fully saturated rings. The van der Waals surface area contributed by atoms with Crippen molar-refractivity contribution in [3.05, 3.63) is 76.1 Å². The van der Waals surface area contributed by atoms with Crippen LogP contribution < -0.4 is 11.0 Å². The van der Waals surface area contributed by atoms with E-state index in [0.29, 0.717) is 23.0 Å². The van der Waals surface area contributed by atoms with Crippen molar-refractivity contribution in [2.75, 3.05) is 0 Å². The highest BCUT2D eigenvalue weighted by Crippen LogP contribution is 2.36. The number of nitrogens with zero attached hydrogens (tertiary/aromatic N) is 2. The van der Waals surface area contributed by atoms with E-state index in [1.165, 1.54) is 0 Å². The molecule has 3 aromatic rings. The molecule has 0 aliphatic carbocycles. The molecule has 1 aliphatic heterocycles. The van der Waals surface area contributed by atoms with Crippen LogP contribution in [-0.2, 0) is 7.05 Å². The quantitative estimate of drug-likeness (QED) is 0.523. The number of aromatic nitrogens is 1. The molecule has 0 unspecified atom stereocenters. The third-order valence-corrected chi connectivity index (χ3v) is 8.10. The number of nitrogens with one attached hydrogen (secondary N) is 1. The largest absolute Gasteiger partial charge is 0.506 e. The first kappa shape index (κ1) is 19.2. The van der Waals surface area contributed by atoms with Gasteiger partial charge in [0.15, 0.2) is 0 Å². The predicted molar refractivity (Wildman–Crippen MR) is 120 cm³/mol. The molecular formula is C21H19Br2N3O2. The molecule has 0 amide bonds. The molecular weight excluding hydrogens is 486 g/mol. The van der Waals surface area contributed by atoms with Gasteiger partial charge < -0.3 is 15.1 Å². The van der Waals surface area contributed by atoms with Crippen LogP contribution in [0.25, 0.3) is 10.9 Å². The lowest BCUT2D eigenvalue weighted by atomic mass is 9.98. The van der Waals surface area contributed by atoms with E-state index in [0.717, 1.165) is 5.56 Å². The maximum atomic E-state index is 12.9. The van der Waals surface area contributed by atoms with E-state index in [1.54, 1.807) is 11.6 Å². The topological polar surface area (TPSA) is 66.6 Å². The van der Waals surface area contributed by atoms with E-state index < -0.39 is 0 Å². The summed E-state index contributed by atoms with van der Waals surface area (Å²) in [5.74, 6) is -0.00975. The molecule has 3 atom stereocenters. The molecule has 0 radical (unpaired) electrons. The number of alkyl halides is 2. The van der Waals surface area contributed by atoms with Gasteiger partial charge >= 0.3 is 0 Å². The Hall–Kier alpha value is -2.12. The van der Waals surface area contributed by atoms with Gasteiger partial charge in [0.1, 0.15) is 11.3 Å². The zero-order valence-electron chi connectivity index (χ0n) is 15.1. The zero-order valence-corrected chi connectivity index (χ0v) is 18.3. The van der Waals surface area contributed by atoms with Crippen LogP contribution in [-0.4, -0.2) is 26.3 Å². The molecule has 0 saturated heterocycles. The van der Waals surface area contributed by atoms with Crippen molar-refractivity contribution in [1.82, 2.24) is 9.99 Å². The Morgan fingerprint density at radius 2 is 1.82 bits per heavy atom. The molecule has 2 N–H and O–H groups in total. The smallest absolute Gasteiger partial charge is 0.263 e.